The highest BCUT2D eigenvalue weighted by Crippen LogP contribution is 2.42. The topological polar surface area (TPSA) is 70.1 Å². The van der Waals surface area contributed by atoms with Crippen molar-refractivity contribution < 1.29 is 31.4 Å². The number of aliphatic hydroxyl groups is 1. The fourth-order valence-electron chi connectivity index (χ4n) is 6.34. The maximum atomic E-state index is 14.0. The van der Waals surface area contributed by atoms with E-state index in [0.717, 1.165) is 41.3 Å². The van der Waals surface area contributed by atoms with Crippen molar-refractivity contribution in [2.45, 2.75) is 67.3 Å². The summed E-state index contributed by atoms with van der Waals surface area (Å²) in [5.41, 5.74) is -1.06. The molecule has 1 aliphatic carbocycles. The van der Waals surface area contributed by atoms with E-state index in [2.05, 4.69) is 4.90 Å². The van der Waals surface area contributed by atoms with E-state index in [1.165, 1.54) is 43.5 Å². The summed E-state index contributed by atoms with van der Waals surface area (Å²) >= 11 is 0. The Morgan fingerprint density at radius 3 is 2.24 bits per heavy atom. The molecule has 1 N–H and O–H groups in total. The molecule has 1 saturated heterocycles. The molecule has 1 saturated carbocycles. The lowest BCUT2D eigenvalue weighted by atomic mass is 9.74. The van der Waals surface area contributed by atoms with Gasteiger partial charge in [0.15, 0.2) is 0 Å². The maximum Gasteiger partial charge on any atom is 0.416 e. The fourth-order valence-corrected chi connectivity index (χ4v) is 8.05. The van der Waals surface area contributed by atoms with Gasteiger partial charge in [-0.15, -0.1) is 0 Å². The molecular weight excluding hydrogens is 553 g/mol. The summed E-state index contributed by atoms with van der Waals surface area (Å²) in [6.07, 6.45) is -0.428. The summed E-state index contributed by atoms with van der Waals surface area (Å²) in [6, 6.07) is 19.3. The van der Waals surface area contributed by atoms with E-state index in [4.69, 9.17) is 4.74 Å². The minimum absolute atomic E-state index is 0.0208. The van der Waals surface area contributed by atoms with Gasteiger partial charge in [0.1, 0.15) is 11.4 Å². The van der Waals surface area contributed by atoms with Crippen LogP contribution in [-0.4, -0.2) is 50.7 Å². The summed E-state index contributed by atoms with van der Waals surface area (Å²) in [5.74, 6) is 0.473. The number of hydrogen-bond acceptors (Lipinski definition) is 5. The standard InChI is InChI=1S/C31H35F3N2O4S/c1-40-27-13-15-28(16-14-27)41(38,39)36(26-11-7-10-24(22-26)31(32,33)34)25-17-20-35(21-18-25)29-12-5-6-19-30(29,37)23-8-3-2-4-9-23/h2-4,7-11,13-16,22,25,29,37H,5-6,12,17-21H2,1H3. The van der Waals surface area contributed by atoms with E-state index in [-0.39, 0.29) is 16.6 Å². The van der Waals surface area contributed by atoms with Crippen LogP contribution >= 0.6 is 0 Å². The Kier molecular flexibility index (Phi) is 8.36. The first kappa shape index (κ1) is 29.4. The molecule has 3 aromatic carbocycles. The van der Waals surface area contributed by atoms with Crippen LogP contribution in [0.25, 0.3) is 0 Å². The molecule has 0 spiro atoms. The Hall–Kier alpha value is -3.08. The quantitative estimate of drug-likeness (QED) is 0.356. The normalized spacial score (nSPS) is 22.8. The molecule has 0 aromatic heterocycles. The SMILES string of the molecule is COc1ccc(S(=O)(=O)N(c2cccc(C(F)(F)F)c2)C2CCN(C3CCCCC3(O)c3ccccc3)CC2)cc1. The highest BCUT2D eigenvalue weighted by molar-refractivity contribution is 7.92. The molecule has 3 aromatic rings. The van der Waals surface area contributed by atoms with Crippen LogP contribution in [0.3, 0.4) is 0 Å². The lowest BCUT2D eigenvalue weighted by Crippen LogP contribution is -2.57. The first-order chi connectivity index (χ1) is 19.5. The number of likely N-dealkylation sites (tertiary alicyclic amines) is 1. The molecule has 2 fully saturated rings. The van der Waals surface area contributed by atoms with Gasteiger partial charge in [0.25, 0.3) is 10.0 Å². The van der Waals surface area contributed by atoms with Crippen molar-refractivity contribution in [3.05, 3.63) is 90.0 Å². The van der Waals surface area contributed by atoms with Gasteiger partial charge in [0.2, 0.25) is 0 Å². The number of alkyl halides is 3. The van der Waals surface area contributed by atoms with Gasteiger partial charge >= 0.3 is 6.18 Å². The van der Waals surface area contributed by atoms with Crippen molar-refractivity contribution in [2.75, 3.05) is 24.5 Å². The van der Waals surface area contributed by atoms with Crippen LogP contribution in [0.2, 0.25) is 0 Å². The molecule has 1 heterocycles. The second-order valence-electron chi connectivity index (χ2n) is 10.8. The van der Waals surface area contributed by atoms with Crippen molar-refractivity contribution in [1.82, 2.24) is 4.90 Å². The van der Waals surface area contributed by atoms with Gasteiger partial charge in [-0.3, -0.25) is 9.21 Å². The molecule has 2 aliphatic rings. The van der Waals surface area contributed by atoms with Gasteiger partial charge in [-0.05, 0) is 73.7 Å². The van der Waals surface area contributed by atoms with Crippen molar-refractivity contribution in [2.24, 2.45) is 0 Å². The average molecular weight is 589 g/mol. The van der Waals surface area contributed by atoms with Crippen LogP contribution in [0.4, 0.5) is 18.9 Å². The number of piperidine rings is 1. The Morgan fingerprint density at radius 1 is 0.927 bits per heavy atom. The number of rotatable bonds is 7. The molecule has 2 unspecified atom stereocenters. The number of sulfonamides is 1. The molecule has 10 heteroatoms. The molecule has 6 nitrogen and oxygen atoms in total. The zero-order valence-corrected chi connectivity index (χ0v) is 23.7. The minimum Gasteiger partial charge on any atom is -0.497 e. The Morgan fingerprint density at radius 2 is 1.61 bits per heavy atom. The van der Waals surface area contributed by atoms with Crippen molar-refractivity contribution in [3.8, 4) is 5.75 Å². The van der Waals surface area contributed by atoms with Crippen LogP contribution < -0.4 is 9.04 Å². The molecule has 0 amide bonds. The third kappa shape index (κ3) is 5.96. The van der Waals surface area contributed by atoms with E-state index in [9.17, 15) is 26.7 Å². The molecule has 5 rings (SSSR count). The van der Waals surface area contributed by atoms with E-state index in [0.29, 0.717) is 38.1 Å². The third-order valence-corrected chi connectivity index (χ3v) is 10.3. The number of halogens is 3. The average Bonchev–Trinajstić information content (AvgIpc) is 2.98. The summed E-state index contributed by atoms with van der Waals surface area (Å²) in [4.78, 5) is 2.20. The number of methoxy groups -OCH3 is 1. The largest absolute Gasteiger partial charge is 0.497 e. The number of hydrogen-bond donors (Lipinski definition) is 1. The molecule has 1 aliphatic heterocycles. The van der Waals surface area contributed by atoms with E-state index >= 15 is 0 Å². The number of nitrogens with zero attached hydrogens (tertiary/aromatic N) is 2. The highest BCUT2D eigenvalue weighted by Gasteiger charge is 2.45. The van der Waals surface area contributed by atoms with Crippen LogP contribution in [0, 0.1) is 0 Å². The Labute approximate surface area is 239 Å². The van der Waals surface area contributed by atoms with Crippen LogP contribution in [0.1, 0.15) is 49.7 Å². The zero-order chi connectivity index (χ0) is 29.3. The van der Waals surface area contributed by atoms with Gasteiger partial charge < -0.3 is 9.84 Å². The number of ether oxygens (including phenoxy) is 1. The van der Waals surface area contributed by atoms with Crippen molar-refractivity contribution in [1.29, 1.82) is 0 Å². The minimum atomic E-state index is -4.61. The molecule has 0 radical (unpaired) electrons. The predicted molar refractivity (Wildman–Crippen MR) is 151 cm³/mol. The first-order valence-electron chi connectivity index (χ1n) is 13.9. The summed E-state index contributed by atoms with van der Waals surface area (Å²) < 4.78 is 75.2. The Bertz CT molecular complexity index is 1430. The summed E-state index contributed by atoms with van der Waals surface area (Å²) in [7, 11) is -2.74. The smallest absolute Gasteiger partial charge is 0.416 e. The number of benzene rings is 3. The third-order valence-electron chi connectivity index (χ3n) is 8.43. The van der Waals surface area contributed by atoms with Gasteiger partial charge in [0, 0.05) is 25.2 Å². The van der Waals surface area contributed by atoms with E-state index in [1.54, 1.807) is 0 Å². The van der Waals surface area contributed by atoms with Crippen LogP contribution in [0.5, 0.6) is 5.75 Å². The van der Waals surface area contributed by atoms with Crippen LogP contribution in [0.15, 0.2) is 83.8 Å². The zero-order valence-electron chi connectivity index (χ0n) is 22.9. The van der Waals surface area contributed by atoms with Gasteiger partial charge in [-0.2, -0.15) is 13.2 Å². The van der Waals surface area contributed by atoms with E-state index < -0.39 is 33.4 Å². The molecule has 220 valence electrons. The second-order valence-corrected chi connectivity index (χ2v) is 12.7. The first-order valence-corrected chi connectivity index (χ1v) is 15.4. The molecule has 0 bridgehead atoms. The molecular formula is C31H35F3N2O4S. The maximum absolute atomic E-state index is 14.0. The van der Waals surface area contributed by atoms with Crippen molar-refractivity contribution in [3.63, 3.8) is 0 Å². The predicted octanol–water partition coefficient (Wildman–Crippen LogP) is 6.20. The van der Waals surface area contributed by atoms with Gasteiger partial charge in [-0.1, -0.05) is 49.2 Å². The Balaban J connectivity index is 1.45. The summed E-state index contributed by atoms with van der Waals surface area (Å²) in [5, 5.41) is 11.9. The van der Waals surface area contributed by atoms with Gasteiger partial charge in [-0.25, -0.2) is 8.42 Å². The molecule has 2 atom stereocenters. The van der Waals surface area contributed by atoms with Gasteiger partial charge in [0.05, 0.1) is 23.3 Å². The lowest BCUT2D eigenvalue weighted by Gasteiger charge is -2.49. The van der Waals surface area contributed by atoms with Crippen molar-refractivity contribution >= 4 is 15.7 Å². The second kappa shape index (κ2) is 11.7. The monoisotopic (exact) mass is 588 g/mol. The van der Waals surface area contributed by atoms with E-state index in [1.807, 2.05) is 30.3 Å². The number of anilines is 1. The molecule has 41 heavy (non-hydrogen) atoms. The summed E-state index contributed by atoms with van der Waals surface area (Å²) in [6.45, 7) is 1.02. The van der Waals surface area contributed by atoms with Crippen LogP contribution in [-0.2, 0) is 21.8 Å². The lowest BCUT2D eigenvalue weighted by molar-refractivity contribution is -0.137. The fraction of sp³-hybridized carbons (Fsp3) is 0.419. The highest BCUT2D eigenvalue weighted by atomic mass is 32.2.